The Morgan fingerprint density at radius 1 is 1.12 bits per heavy atom. The van der Waals surface area contributed by atoms with Gasteiger partial charge >= 0.3 is 0 Å². The van der Waals surface area contributed by atoms with E-state index in [1.807, 2.05) is 42.5 Å². The summed E-state index contributed by atoms with van der Waals surface area (Å²) in [6.45, 7) is 2.46. The Morgan fingerprint density at radius 3 is 2.68 bits per heavy atom. The maximum atomic E-state index is 13.4. The number of carbonyl (C=O) groups is 1. The summed E-state index contributed by atoms with van der Waals surface area (Å²) in [6, 6.07) is 16.3. The Morgan fingerprint density at radius 2 is 1.91 bits per heavy atom. The van der Waals surface area contributed by atoms with Gasteiger partial charge in [-0.05, 0) is 47.9 Å². The number of nitrogens with one attached hydrogen (secondary N) is 1. The number of non-ortho nitro benzene ring substituents is 1. The monoisotopic (exact) mass is 477 g/mol. The molecule has 9 heteroatoms. The minimum atomic E-state index is -0.389. The van der Waals surface area contributed by atoms with Crippen molar-refractivity contribution in [1.82, 2.24) is 10.3 Å². The van der Waals surface area contributed by atoms with Crippen LogP contribution in [-0.2, 0) is 17.8 Å². The highest BCUT2D eigenvalue weighted by molar-refractivity contribution is 6.33. The molecule has 3 aromatic rings. The molecular formula is C25H24ClN5O3. The van der Waals surface area contributed by atoms with Crippen molar-refractivity contribution in [3.63, 3.8) is 0 Å². The highest BCUT2D eigenvalue weighted by Crippen LogP contribution is 2.39. The number of hydrogen-bond acceptors (Lipinski definition) is 6. The van der Waals surface area contributed by atoms with Crippen LogP contribution >= 0.6 is 11.6 Å². The van der Waals surface area contributed by atoms with Gasteiger partial charge in [0.15, 0.2) is 0 Å². The number of amides is 1. The SMILES string of the molecule is O=C(NCc1ccncc1)[C@H]1Cc2cc([N+](=O)[O-])ccc2N2CCN(c3ccccc3Cl)C[C@@H]12. The van der Waals surface area contributed by atoms with Crippen molar-refractivity contribution in [2.75, 3.05) is 29.4 Å². The fourth-order valence-electron chi connectivity index (χ4n) is 4.97. The lowest BCUT2D eigenvalue weighted by molar-refractivity contribution is -0.384. The minimum Gasteiger partial charge on any atom is -0.366 e. The molecule has 1 fully saturated rings. The first-order valence-corrected chi connectivity index (χ1v) is 11.6. The van der Waals surface area contributed by atoms with E-state index in [2.05, 4.69) is 20.1 Å². The molecule has 2 aromatic carbocycles. The number of rotatable bonds is 5. The predicted octanol–water partition coefficient (Wildman–Crippen LogP) is 3.83. The van der Waals surface area contributed by atoms with E-state index in [0.717, 1.165) is 29.0 Å². The van der Waals surface area contributed by atoms with E-state index in [1.165, 1.54) is 0 Å². The van der Waals surface area contributed by atoms with Gasteiger partial charge in [-0.1, -0.05) is 23.7 Å². The fraction of sp³-hybridized carbons (Fsp3) is 0.280. The van der Waals surface area contributed by atoms with Crippen molar-refractivity contribution in [3.05, 3.63) is 93.3 Å². The third-order valence-electron chi connectivity index (χ3n) is 6.65. The molecule has 3 heterocycles. The molecule has 8 nitrogen and oxygen atoms in total. The number of nitro benzene ring substituents is 1. The molecule has 0 bridgehead atoms. The van der Waals surface area contributed by atoms with Crippen molar-refractivity contribution < 1.29 is 9.72 Å². The van der Waals surface area contributed by atoms with Crippen LogP contribution in [0, 0.1) is 16.0 Å². The number of halogens is 1. The zero-order valence-electron chi connectivity index (χ0n) is 18.4. The lowest BCUT2D eigenvalue weighted by Gasteiger charge is -2.49. The van der Waals surface area contributed by atoms with E-state index in [9.17, 15) is 14.9 Å². The van der Waals surface area contributed by atoms with Crippen molar-refractivity contribution >= 4 is 34.6 Å². The van der Waals surface area contributed by atoms with Crippen LogP contribution < -0.4 is 15.1 Å². The van der Waals surface area contributed by atoms with Gasteiger partial charge in [-0.15, -0.1) is 0 Å². The molecule has 174 valence electrons. The number of piperazine rings is 1. The third-order valence-corrected chi connectivity index (χ3v) is 6.97. The molecule has 0 saturated carbocycles. The summed E-state index contributed by atoms with van der Waals surface area (Å²) in [5, 5.41) is 15.1. The van der Waals surface area contributed by atoms with Crippen LogP contribution in [0.15, 0.2) is 67.0 Å². The summed E-state index contributed by atoms with van der Waals surface area (Å²) in [5.41, 5.74) is 3.76. The number of carbonyl (C=O) groups excluding carboxylic acids is 1. The van der Waals surface area contributed by atoms with Crippen LogP contribution in [0.4, 0.5) is 17.1 Å². The van der Waals surface area contributed by atoms with Crippen molar-refractivity contribution in [2.24, 2.45) is 5.92 Å². The van der Waals surface area contributed by atoms with Crippen molar-refractivity contribution in [2.45, 2.75) is 19.0 Å². The van der Waals surface area contributed by atoms with Crippen LogP contribution in [0.2, 0.25) is 5.02 Å². The van der Waals surface area contributed by atoms with E-state index in [0.29, 0.717) is 31.1 Å². The van der Waals surface area contributed by atoms with Crippen LogP contribution in [0.25, 0.3) is 0 Å². The van der Waals surface area contributed by atoms with Gasteiger partial charge in [-0.3, -0.25) is 19.9 Å². The third kappa shape index (κ3) is 4.28. The molecule has 2 aliphatic rings. The molecule has 2 aliphatic heterocycles. The topological polar surface area (TPSA) is 91.6 Å². The minimum absolute atomic E-state index is 0.0443. The number of benzene rings is 2. The van der Waals surface area contributed by atoms with Gasteiger partial charge in [0.1, 0.15) is 0 Å². The van der Waals surface area contributed by atoms with Crippen molar-refractivity contribution in [1.29, 1.82) is 0 Å². The predicted molar refractivity (Wildman–Crippen MR) is 131 cm³/mol. The van der Waals surface area contributed by atoms with E-state index in [4.69, 9.17) is 11.6 Å². The molecule has 2 atom stereocenters. The van der Waals surface area contributed by atoms with Gasteiger partial charge in [-0.25, -0.2) is 0 Å². The molecule has 0 spiro atoms. The lowest BCUT2D eigenvalue weighted by Crippen LogP contribution is -2.61. The second kappa shape index (κ2) is 9.30. The van der Waals surface area contributed by atoms with Gasteiger partial charge < -0.3 is 15.1 Å². The Bertz CT molecular complexity index is 1220. The summed E-state index contributed by atoms with van der Waals surface area (Å²) in [6.07, 6.45) is 3.83. The number of nitro groups is 1. The van der Waals surface area contributed by atoms with Gasteiger partial charge in [0.2, 0.25) is 5.91 Å². The maximum absolute atomic E-state index is 13.4. The van der Waals surface area contributed by atoms with E-state index < -0.39 is 0 Å². The number of pyridine rings is 1. The Hall–Kier alpha value is -3.65. The fourth-order valence-corrected chi connectivity index (χ4v) is 5.23. The zero-order valence-corrected chi connectivity index (χ0v) is 19.2. The lowest BCUT2D eigenvalue weighted by atomic mass is 9.83. The molecule has 0 unspecified atom stereocenters. The van der Waals surface area contributed by atoms with Crippen LogP contribution in [-0.4, -0.2) is 41.5 Å². The van der Waals surface area contributed by atoms with E-state index in [1.54, 1.807) is 24.5 Å². The number of anilines is 2. The van der Waals surface area contributed by atoms with Crippen LogP contribution in [0.3, 0.4) is 0 Å². The Balaban J connectivity index is 1.45. The quantitative estimate of drug-likeness (QED) is 0.443. The molecule has 5 rings (SSSR count). The summed E-state index contributed by atoms with van der Waals surface area (Å²) in [5.74, 6) is -0.424. The van der Waals surface area contributed by atoms with Crippen LogP contribution in [0.5, 0.6) is 0 Å². The largest absolute Gasteiger partial charge is 0.366 e. The molecular weight excluding hydrogens is 454 g/mol. The van der Waals surface area contributed by atoms with Gasteiger partial charge in [-0.2, -0.15) is 0 Å². The van der Waals surface area contributed by atoms with E-state index >= 15 is 0 Å². The molecule has 0 radical (unpaired) electrons. The number of para-hydroxylation sites is 1. The summed E-state index contributed by atoms with van der Waals surface area (Å²) < 4.78 is 0. The zero-order chi connectivity index (χ0) is 23.7. The summed E-state index contributed by atoms with van der Waals surface area (Å²) in [4.78, 5) is 32.9. The highest BCUT2D eigenvalue weighted by Gasteiger charge is 2.42. The normalized spacial score (nSPS) is 19.2. The average Bonchev–Trinajstić information content (AvgIpc) is 2.87. The summed E-state index contributed by atoms with van der Waals surface area (Å²) in [7, 11) is 0. The first kappa shape index (κ1) is 22.2. The molecule has 0 aliphatic carbocycles. The second-order valence-electron chi connectivity index (χ2n) is 8.61. The van der Waals surface area contributed by atoms with Crippen molar-refractivity contribution in [3.8, 4) is 0 Å². The van der Waals surface area contributed by atoms with Gasteiger partial charge in [0.25, 0.3) is 5.69 Å². The molecule has 34 heavy (non-hydrogen) atoms. The summed E-state index contributed by atoms with van der Waals surface area (Å²) >= 11 is 6.47. The molecule has 1 saturated heterocycles. The van der Waals surface area contributed by atoms with Gasteiger partial charge in [0, 0.05) is 56.4 Å². The highest BCUT2D eigenvalue weighted by atomic mass is 35.5. The molecule has 1 N–H and O–H groups in total. The van der Waals surface area contributed by atoms with Gasteiger partial charge in [0.05, 0.1) is 27.6 Å². The number of fused-ring (bicyclic) bond motifs is 3. The van der Waals surface area contributed by atoms with E-state index in [-0.39, 0.29) is 28.5 Å². The average molecular weight is 478 g/mol. The molecule has 1 amide bonds. The second-order valence-corrected chi connectivity index (χ2v) is 9.02. The smallest absolute Gasteiger partial charge is 0.269 e. The Kier molecular flexibility index (Phi) is 6.06. The first-order chi connectivity index (χ1) is 16.5. The number of aromatic nitrogens is 1. The maximum Gasteiger partial charge on any atom is 0.269 e. The van der Waals surface area contributed by atoms with Crippen LogP contribution in [0.1, 0.15) is 11.1 Å². The number of hydrogen-bond donors (Lipinski definition) is 1. The first-order valence-electron chi connectivity index (χ1n) is 11.2. The number of nitrogens with zero attached hydrogens (tertiary/aromatic N) is 4. The Labute approximate surface area is 202 Å². The molecule has 1 aromatic heterocycles. The standard InChI is InChI=1S/C25H24ClN5O3/c26-21-3-1-2-4-23(21)29-11-12-30-22-6-5-19(31(33)34)13-18(22)14-20(24(30)16-29)25(32)28-15-17-7-9-27-10-8-17/h1-10,13,20,24H,11-12,14-16H2,(H,28,32)/t20-,24-/m0/s1.